The normalized spacial score (nSPS) is 24.5. The monoisotopic (exact) mass is 217 g/mol. The third-order valence-corrected chi connectivity index (χ3v) is 2.72. The summed E-state index contributed by atoms with van der Waals surface area (Å²) in [5, 5.41) is 8.53. The molecule has 4 heteroatoms. The molecule has 15 heavy (non-hydrogen) atoms. The molecule has 1 saturated heterocycles. The molecular weight excluding hydrogens is 194 g/mol. The van der Waals surface area contributed by atoms with Gasteiger partial charge in [0.2, 0.25) is 0 Å². The number of rotatable bonds is 3. The third kappa shape index (κ3) is 4.18. The van der Waals surface area contributed by atoms with E-state index in [9.17, 15) is 4.79 Å². The molecule has 0 aromatic heterocycles. The lowest BCUT2D eigenvalue weighted by molar-refractivity contribution is -0.137. The van der Waals surface area contributed by atoms with E-state index in [2.05, 4.69) is 4.90 Å². The topological polar surface area (TPSA) is 49.8 Å². The first-order valence-electron chi connectivity index (χ1n) is 5.52. The quantitative estimate of drug-likeness (QED) is 0.785. The molecule has 1 atom stereocenters. The Morgan fingerprint density at radius 3 is 2.40 bits per heavy atom. The molecule has 0 bridgehead atoms. The van der Waals surface area contributed by atoms with E-state index in [1.54, 1.807) is 0 Å². The summed E-state index contributed by atoms with van der Waals surface area (Å²) < 4.78 is 5.53. The van der Waals surface area contributed by atoms with Crippen molar-refractivity contribution in [2.24, 2.45) is 0 Å². The highest BCUT2D eigenvalue weighted by molar-refractivity contribution is 5.66. The van der Waals surface area contributed by atoms with Crippen LogP contribution in [-0.4, -0.2) is 41.4 Å². The van der Waals surface area contributed by atoms with E-state index in [0.717, 1.165) is 0 Å². The van der Waals surface area contributed by atoms with Crippen LogP contribution in [0.25, 0.3) is 0 Å². The molecule has 1 unspecified atom stereocenters. The van der Waals surface area contributed by atoms with Crippen molar-refractivity contribution in [1.29, 1.82) is 0 Å². The van der Waals surface area contributed by atoms with Crippen LogP contribution < -0.4 is 0 Å². The maximum absolute atomic E-state index is 10.4. The molecule has 1 rings (SSSR count). The van der Waals surface area contributed by atoms with Crippen LogP contribution in [0.5, 0.6) is 0 Å². The van der Waals surface area contributed by atoms with Crippen LogP contribution >= 0.6 is 0 Å². The zero-order chi connectivity index (χ0) is 12.1. The Hall–Kier alpha value is -0.610. The van der Waals surface area contributed by atoms with Gasteiger partial charge in [0.25, 0.3) is 0 Å². The number of hydrogen-bond acceptors (Lipinski definition) is 3. The fourth-order valence-corrected chi connectivity index (χ4v) is 1.52. The van der Waals surface area contributed by atoms with E-state index in [1.165, 1.54) is 0 Å². The highest BCUT2D eigenvalue weighted by Crippen LogP contribution is 2.27. The number of hydrogen-bond donors (Lipinski definition) is 1. The lowest BCUT2D eigenvalue weighted by Gasteiger charge is -2.29. The fraction of sp³-hybridized carbons (Fsp3) is 0.909. The van der Waals surface area contributed by atoms with Crippen molar-refractivity contribution in [3.8, 4) is 0 Å². The van der Waals surface area contributed by atoms with Gasteiger partial charge in [-0.05, 0) is 27.3 Å². The largest absolute Gasteiger partial charge is 0.481 e. The molecule has 4 nitrogen and oxygen atoms in total. The number of carboxylic acids is 1. The number of aliphatic carboxylic acids is 1. The van der Waals surface area contributed by atoms with E-state index in [-0.39, 0.29) is 18.2 Å². The fourth-order valence-electron chi connectivity index (χ4n) is 1.52. The minimum absolute atomic E-state index is 0.217. The van der Waals surface area contributed by atoms with Crippen molar-refractivity contribution in [3.63, 3.8) is 0 Å². The maximum Gasteiger partial charge on any atom is 0.303 e. The summed E-state index contributed by atoms with van der Waals surface area (Å²) in [6, 6.07) is 0.242. The molecule has 90 valence electrons. The van der Waals surface area contributed by atoms with Crippen LogP contribution in [0.2, 0.25) is 0 Å². The van der Waals surface area contributed by atoms with E-state index >= 15 is 0 Å². The first-order valence-corrected chi connectivity index (χ1v) is 5.52. The summed E-state index contributed by atoms with van der Waals surface area (Å²) in [6.07, 6.45) is 0.879. The van der Waals surface area contributed by atoms with Crippen LogP contribution in [0.1, 0.15) is 40.5 Å². The standard InChI is InChI=1S/C9H17NO3.C2H6/c1-9(2)10(3)7(6-13-9)4-5-8(11)12;1-2/h7H,4-6H2,1-3H3,(H,11,12);1-2H3. The minimum atomic E-state index is -0.738. The lowest BCUT2D eigenvalue weighted by atomic mass is 10.1. The first-order chi connectivity index (χ1) is 6.93. The second kappa shape index (κ2) is 6.08. The Bertz CT molecular complexity index is 204. The van der Waals surface area contributed by atoms with Gasteiger partial charge in [0.15, 0.2) is 0 Å². The van der Waals surface area contributed by atoms with E-state index < -0.39 is 5.97 Å². The molecule has 0 radical (unpaired) electrons. The van der Waals surface area contributed by atoms with Gasteiger partial charge in [-0.25, -0.2) is 0 Å². The summed E-state index contributed by atoms with van der Waals surface area (Å²) in [4.78, 5) is 12.5. The number of nitrogens with zero attached hydrogens (tertiary/aromatic N) is 1. The van der Waals surface area contributed by atoms with Crippen molar-refractivity contribution >= 4 is 5.97 Å². The minimum Gasteiger partial charge on any atom is -0.481 e. The molecule has 0 aliphatic carbocycles. The summed E-state index contributed by atoms with van der Waals surface area (Å²) in [6.45, 7) is 8.62. The first kappa shape index (κ1) is 14.4. The van der Waals surface area contributed by atoms with Gasteiger partial charge in [-0.3, -0.25) is 9.69 Å². The van der Waals surface area contributed by atoms with Gasteiger partial charge in [0.1, 0.15) is 5.72 Å². The van der Waals surface area contributed by atoms with Crippen LogP contribution in [0.15, 0.2) is 0 Å². The number of carboxylic acid groups (broad SMARTS) is 1. The van der Waals surface area contributed by atoms with Gasteiger partial charge >= 0.3 is 5.97 Å². The Balaban J connectivity index is 0.000000921. The highest BCUT2D eigenvalue weighted by atomic mass is 16.5. The van der Waals surface area contributed by atoms with Gasteiger partial charge in [0.05, 0.1) is 6.61 Å². The number of likely N-dealkylation sites (N-methyl/N-ethyl adjacent to an activating group) is 1. The number of ether oxygens (including phenoxy) is 1. The van der Waals surface area contributed by atoms with Crippen LogP contribution in [0.3, 0.4) is 0 Å². The van der Waals surface area contributed by atoms with Gasteiger partial charge in [-0.2, -0.15) is 0 Å². The third-order valence-electron chi connectivity index (χ3n) is 2.72. The van der Waals surface area contributed by atoms with Crippen molar-refractivity contribution in [1.82, 2.24) is 4.90 Å². The molecular formula is C11H23NO3. The predicted molar refractivity (Wildman–Crippen MR) is 59.8 cm³/mol. The molecule has 1 fully saturated rings. The van der Waals surface area contributed by atoms with Gasteiger partial charge in [-0.15, -0.1) is 0 Å². The number of carbonyl (C=O) groups is 1. The molecule has 1 aliphatic rings. The van der Waals surface area contributed by atoms with Gasteiger partial charge in [-0.1, -0.05) is 13.8 Å². The van der Waals surface area contributed by atoms with Crippen LogP contribution in [0.4, 0.5) is 0 Å². The zero-order valence-electron chi connectivity index (χ0n) is 10.4. The molecule has 1 aliphatic heterocycles. The average molecular weight is 217 g/mol. The molecule has 0 aromatic carbocycles. The maximum atomic E-state index is 10.4. The summed E-state index contributed by atoms with van der Waals surface area (Å²) in [5.41, 5.74) is -0.247. The van der Waals surface area contributed by atoms with E-state index in [0.29, 0.717) is 13.0 Å². The summed E-state index contributed by atoms with van der Waals surface area (Å²) >= 11 is 0. The molecule has 0 saturated carbocycles. The average Bonchev–Trinajstić information content (AvgIpc) is 2.43. The van der Waals surface area contributed by atoms with Gasteiger partial charge < -0.3 is 9.84 Å². The lowest BCUT2D eigenvalue weighted by Crippen LogP contribution is -2.40. The second-order valence-corrected chi connectivity index (χ2v) is 3.95. The zero-order valence-corrected chi connectivity index (χ0v) is 10.4. The Morgan fingerprint density at radius 2 is 2.07 bits per heavy atom. The van der Waals surface area contributed by atoms with Crippen molar-refractivity contribution in [2.75, 3.05) is 13.7 Å². The summed E-state index contributed by atoms with van der Waals surface area (Å²) in [5.74, 6) is -0.738. The molecule has 1 heterocycles. The van der Waals surface area contributed by atoms with Crippen molar-refractivity contribution in [2.45, 2.75) is 52.3 Å². The Morgan fingerprint density at radius 1 is 1.53 bits per heavy atom. The van der Waals surface area contributed by atoms with E-state index in [1.807, 2.05) is 34.7 Å². The molecule has 0 spiro atoms. The Kier molecular flexibility index (Phi) is 5.83. The van der Waals surface area contributed by atoms with Crippen LogP contribution in [-0.2, 0) is 9.53 Å². The predicted octanol–water partition coefficient (Wildman–Crippen LogP) is 1.94. The van der Waals surface area contributed by atoms with Crippen LogP contribution in [0, 0.1) is 0 Å². The summed E-state index contributed by atoms with van der Waals surface area (Å²) in [7, 11) is 1.97. The molecule has 0 amide bonds. The second-order valence-electron chi connectivity index (χ2n) is 3.95. The highest BCUT2D eigenvalue weighted by Gasteiger charge is 2.37. The van der Waals surface area contributed by atoms with Crippen molar-refractivity contribution in [3.05, 3.63) is 0 Å². The molecule has 0 aromatic rings. The van der Waals surface area contributed by atoms with Crippen molar-refractivity contribution < 1.29 is 14.6 Å². The van der Waals surface area contributed by atoms with E-state index in [4.69, 9.17) is 9.84 Å². The molecule has 1 N–H and O–H groups in total. The Labute approximate surface area is 92.2 Å². The smallest absolute Gasteiger partial charge is 0.303 e. The SMILES string of the molecule is CC.CN1C(CCC(=O)O)COC1(C)C. The van der Waals surface area contributed by atoms with Gasteiger partial charge in [0, 0.05) is 12.5 Å².